The van der Waals surface area contributed by atoms with Crippen LogP contribution in [0.25, 0.3) is 0 Å². The van der Waals surface area contributed by atoms with Crippen molar-refractivity contribution in [1.29, 1.82) is 0 Å². The first-order valence-electron chi connectivity index (χ1n) is 9.31. The minimum absolute atomic E-state index is 0.272. The van der Waals surface area contributed by atoms with Crippen LogP contribution in [0.4, 0.5) is 0 Å². The monoisotopic (exact) mass is 292 g/mol. The zero-order valence-electron chi connectivity index (χ0n) is 14.1. The van der Waals surface area contributed by atoms with Gasteiger partial charge in [-0.25, -0.2) is 0 Å². The number of allylic oxidation sites excluding steroid dienone is 2. The fraction of sp³-hybridized carbons (Fsp3) is 0.636. The predicted octanol–water partition coefficient (Wildman–Crippen LogP) is 5.55. The van der Waals surface area contributed by atoms with Crippen LogP contribution in [0.15, 0.2) is 36.4 Å². The van der Waals surface area contributed by atoms with E-state index in [9.17, 15) is 0 Å². The Bertz CT molecular complexity index is 614. The van der Waals surface area contributed by atoms with Crippen LogP contribution in [0, 0.1) is 35.5 Å². The molecule has 116 valence electrons. The molecule has 0 heterocycles. The minimum atomic E-state index is 0.272. The molecule has 0 spiro atoms. The van der Waals surface area contributed by atoms with Crippen LogP contribution in [0.1, 0.15) is 57.1 Å². The highest BCUT2D eigenvalue weighted by atomic mass is 14.6. The van der Waals surface area contributed by atoms with Gasteiger partial charge in [0, 0.05) is 0 Å². The maximum atomic E-state index is 2.56. The Balaban J connectivity index is 1.43. The highest BCUT2D eigenvalue weighted by molar-refractivity contribution is 5.33. The summed E-state index contributed by atoms with van der Waals surface area (Å²) in [6.45, 7) is 6.93. The van der Waals surface area contributed by atoms with E-state index in [1.807, 2.05) is 0 Å². The lowest BCUT2D eigenvalue weighted by atomic mass is 9.67. The average Bonchev–Trinajstić information content (AvgIpc) is 3.24. The van der Waals surface area contributed by atoms with Gasteiger partial charge in [-0.1, -0.05) is 57.2 Å². The smallest absolute Gasteiger partial charge is 0.0128 e. The Morgan fingerprint density at radius 3 is 2.18 bits per heavy atom. The molecule has 3 saturated carbocycles. The first-order chi connectivity index (χ1) is 10.5. The lowest BCUT2D eigenvalue weighted by Crippen LogP contribution is -2.30. The maximum absolute atomic E-state index is 2.56. The third-order valence-corrected chi connectivity index (χ3v) is 7.48. The van der Waals surface area contributed by atoms with Gasteiger partial charge in [-0.05, 0) is 77.2 Å². The van der Waals surface area contributed by atoms with Gasteiger partial charge in [0.25, 0.3) is 0 Å². The summed E-state index contributed by atoms with van der Waals surface area (Å²) in [5.74, 6) is 6.84. The second-order valence-electron chi connectivity index (χ2n) is 9.48. The van der Waals surface area contributed by atoms with Crippen molar-refractivity contribution >= 4 is 0 Å². The molecule has 4 aliphatic carbocycles. The van der Waals surface area contributed by atoms with Crippen molar-refractivity contribution < 1.29 is 0 Å². The number of benzene rings is 1. The molecule has 1 aromatic carbocycles. The van der Waals surface area contributed by atoms with E-state index in [2.05, 4.69) is 57.2 Å². The molecule has 1 aromatic rings. The second-order valence-corrected chi connectivity index (χ2v) is 9.48. The molecule has 0 saturated heterocycles. The average molecular weight is 292 g/mol. The van der Waals surface area contributed by atoms with E-state index < -0.39 is 0 Å². The van der Waals surface area contributed by atoms with Gasteiger partial charge < -0.3 is 0 Å². The molecule has 0 aromatic heterocycles. The summed E-state index contributed by atoms with van der Waals surface area (Å²) in [6.07, 6.45) is 9.59. The van der Waals surface area contributed by atoms with E-state index in [1.165, 1.54) is 24.8 Å². The molecule has 0 heteroatoms. The van der Waals surface area contributed by atoms with Crippen molar-refractivity contribution in [3.63, 3.8) is 0 Å². The Hall–Kier alpha value is -1.04. The number of hydrogen-bond donors (Lipinski definition) is 0. The SMILES string of the molecule is CC(C)(C)c1ccc(C2CC3CC2C2C4C=CC(C4)C32)cc1. The summed E-state index contributed by atoms with van der Waals surface area (Å²) in [4.78, 5) is 0. The zero-order valence-corrected chi connectivity index (χ0v) is 14.1. The summed E-state index contributed by atoms with van der Waals surface area (Å²) in [5.41, 5.74) is 3.37. The Labute approximate surface area is 135 Å². The molecule has 0 nitrogen and oxygen atoms in total. The van der Waals surface area contributed by atoms with E-state index in [0.717, 1.165) is 41.4 Å². The molecule has 0 radical (unpaired) electrons. The van der Waals surface area contributed by atoms with Crippen LogP contribution in [0.2, 0.25) is 0 Å². The van der Waals surface area contributed by atoms with Crippen LogP contribution < -0.4 is 0 Å². The topological polar surface area (TPSA) is 0 Å². The summed E-state index contributed by atoms with van der Waals surface area (Å²) < 4.78 is 0. The van der Waals surface area contributed by atoms with Gasteiger partial charge in [0.1, 0.15) is 0 Å². The maximum Gasteiger partial charge on any atom is -0.0128 e. The number of fused-ring (bicyclic) bond motifs is 9. The van der Waals surface area contributed by atoms with Crippen LogP contribution >= 0.6 is 0 Å². The number of rotatable bonds is 1. The Morgan fingerprint density at radius 1 is 0.818 bits per heavy atom. The normalized spacial score (nSPS) is 44.8. The largest absolute Gasteiger partial charge is 0.0848 e. The third-order valence-electron chi connectivity index (χ3n) is 7.48. The summed E-state index contributed by atoms with van der Waals surface area (Å²) in [5, 5.41) is 0. The van der Waals surface area contributed by atoms with Crippen molar-refractivity contribution in [2.75, 3.05) is 0 Å². The Morgan fingerprint density at radius 2 is 1.50 bits per heavy atom. The highest BCUT2D eigenvalue weighted by Gasteiger charge is 2.60. The van der Waals surface area contributed by atoms with Crippen molar-refractivity contribution in [1.82, 2.24) is 0 Å². The van der Waals surface area contributed by atoms with Gasteiger partial charge in [0.15, 0.2) is 0 Å². The van der Waals surface area contributed by atoms with E-state index >= 15 is 0 Å². The van der Waals surface area contributed by atoms with Gasteiger partial charge in [-0.3, -0.25) is 0 Å². The van der Waals surface area contributed by atoms with E-state index in [0.29, 0.717) is 0 Å². The molecule has 4 bridgehead atoms. The van der Waals surface area contributed by atoms with Gasteiger partial charge in [-0.15, -0.1) is 0 Å². The summed E-state index contributed by atoms with van der Waals surface area (Å²) in [6, 6.07) is 9.67. The molecular weight excluding hydrogens is 264 g/mol. The van der Waals surface area contributed by atoms with Crippen molar-refractivity contribution in [2.24, 2.45) is 35.5 Å². The fourth-order valence-corrected chi connectivity index (χ4v) is 6.63. The summed E-state index contributed by atoms with van der Waals surface area (Å²) in [7, 11) is 0. The standard InChI is InChI=1S/C22H28/c1-22(2,3)17-8-6-13(7-9-17)18-11-16-12-19(18)21-15-5-4-14(10-15)20(16)21/h4-9,14-16,18-21H,10-12H2,1-3H3. The van der Waals surface area contributed by atoms with Crippen molar-refractivity contribution in [2.45, 2.75) is 51.4 Å². The molecule has 3 fully saturated rings. The molecule has 0 aliphatic heterocycles. The molecule has 7 unspecified atom stereocenters. The zero-order chi connectivity index (χ0) is 15.1. The van der Waals surface area contributed by atoms with Gasteiger partial charge >= 0.3 is 0 Å². The first kappa shape index (κ1) is 13.4. The highest BCUT2D eigenvalue weighted by Crippen LogP contribution is 2.68. The van der Waals surface area contributed by atoms with Gasteiger partial charge in [0.2, 0.25) is 0 Å². The predicted molar refractivity (Wildman–Crippen MR) is 91.8 cm³/mol. The minimum Gasteiger partial charge on any atom is -0.0848 e. The number of hydrogen-bond acceptors (Lipinski definition) is 0. The quantitative estimate of drug-likeness (QED) is 0.470. The van der Waals surface area contributed by atoms with Crippen LogP contribution in [-0.2, 0) is 5.41 Å². The molecule has 0 amide bonds. The van der Waals surface area contributed by atoms with Crippen molar-refractivity contribution in [3.8, 4) is 0 Å². The van der Waals surface area contributed by atoms with Crippen molar-refractivity contribution in [3.05, 3.63) is 47.5 Å². The molecule has 0 N–H and O–H groups in total. The fourth-order valence-electron chi connectivity index (χ4n) is 6.63. The molecular formula is C22H28. The van der Waals surface area contributed by atoms with E-state index in [1.54, 1.807) is 5.56 Å². The van der Waals surface area contributed by atoms with E-state index in [4.69, 9.17) is 0 Å². The van der Waals surface area contributed by atoms with E-state index in [-0.39, 0.29) is 5.41 Å². The Kier molecular flexibility index (Phi) is 2.61. The lowest BCUT2D eigenvalue weighted by Gasteiger charge is -2.37. The molecule has 22 heavy (non-hydrogen) atoms. The first-order valence-corrected chi connectivity index (χ1v) is 9.31. The van der Waals surface area contributed by atoms with Gasteiger partial charge in [0.05, 0.1) is 0 Å². The molecule has 5 rings (SSSR count). The molecule has 7 atom stereocenters. The van der Waals surface area contributed by atoms with Crippen LogP contribution in [0.5, 0.6) is 0 Å². The third kappa shape index (κ3) is 1.70. The van der Waals surface area contributed by atoms with Crippen LogP contribution in [0.3, 0.4) is 0 Å². The van der Waals surface area contributed by atoms with Gasteiger partial charge in [-0.2, -0.15) is 0 Å². The van der Waals surface area contributed by atoms with Crippen LogP contribution in [-0.4, -0.2) is 0 Å². The second kappa shape index (κ2) is 4.28. The molecule has 4 aliphatic rings. The lowest BCUT2D eigenvalue weighted by molar-refractivity contribution is 0.185. The summed E-state index contributed by atoms with van der Waals surface area (Å²) >= 11 is 0.